The number of nitrogens with zero attached hydrogens (tertiary/aromatic N) is 2. The Balaban J connectivity index is 1.46. The lowest BCUT2D eigenvalue weighted by atomic mass is 10.1. The second-order valence-corrected chi connectivity index (χ2v) is 10.1. The van der Waals surface area contributed by atoms with Crippen LogP contribution >= 0.6 is 11.3 Å². The Hall–Kier alpha value is -2.10. The molecule has 1 fully saturated rings. The quantitative estimate of drug-likeness (QED) is 0.605. The van der Waals surface area contributed by atoms with Gasteiger partial charge in [0, 0.05) is 19.2 Å². The average molecular weight is 439 g/mol. The molecule has 154 valence electrons. The van der Waals surface area contributed by atoms with E-state index in [1.54, 1.807) is 0 Å². The van der Waals surface area contributed by atoms with E-state index in [4.69, 9.17) is 4.74 Å². The molecule has 0 bridgehead atoms. The first-order valence-electron chi connectivity index (χ1n) is 9.23. The molecule has 4 rings (SSSR count). The van der Waals surface area contributed by atoms with Gasteiger partial charge in [0.05, 0.1) is 15.1 Å². The Kier molecular flexibility index (Phi) is 5.30. The van der Waals surface area contributed by atoms with Gasteiger partial charge < -0.3 is 4.74 Å². The molecule has 1 aromatic heterocycles. The number of rotatable bonds is 4. The Bertz CT molecular complexity index is 1110. The van der Waals surface area contributed by atoms with Crippen molar-refractivity contribution in [3.05, 3.63) is 53.1 Å². The van der Waals surface area contributed by atoms with Gasteiger partial charge in [0.1, 0.15) is 17.7 Å². The number of benzene rings is 2. The third kappa shape index (κ3) is 3.99. The smallest absolute Gasteiger partial charge is 0.274 e. The van der Waals surface area contributed by atoms with Crippen LogP contribution in [0.25, 0.3) is 10.2 Å². The number of halogens is 2. The molecule has 0 saturated carbocycles. The maximum atomic E-state index is 13.4. The maximum Gasteiger partial charge on any atom is 0.274 e. The minimum Gasteiger partial charge on any atom is -0.467 e. The third-order valence-corrected chi connectivity index (χ3v) is 8.02. The molecule has 5 nitrogen and oxygen atoms in total. The Morgan fingerprint density at radius 1 is 1.07 bits per heavy atom. The summed E-state index contributed by atoms with van der Waals surface area (Å²) < 4.78 is 60.6. The van der Waals surface area contributed by atoms with Crippen molar-refractivity contribution in [1.29, 1.82) is 0 Å². The van der Waals surface area contributed by atoms with Crippen LogP contribution in [0.2, 0.25) is 0 Å². The predicted molar refractivity (Wildman–Crippen MR) is 108 cm³/mol. The van der Waals surface area contributed by atoms with Gasteiger partial charge in [-0.15, -0.1) is 0 Å². The second-order valence-electron chi connectivity index (χ2n) is 7.18. The zero-order valence-electron chi connectivity index (χ0n) is 16.0. The van der Waals surface area contributed by atoms with Gasteiger partial charge in [-0.25, -0.2) is 22.2 Å². The summed E-state index contributed by atoms with van der Waals surface area (Å²) in [6.45, 7) is 4.47. The highest BCUT2D eigenvalue weighted by Gasteiger charge is 2.31. The molecule has 1 aliphatic heterocycles. The van der Waals surface area contributed by atoms with Gasteiger partial charge in [-0.2, -0.15) is 4.31 Å². The first kappa shape index (κ1) is 20.2. The van der Waals surface area contributed by atoms with E-state index in [1.807, 2.05) is 19.9 Å². The Labute approximate surface area is 172 Å². The van der Waals surface area contributed by atoms with Crippen molar-refractivity contribution < 1.29 is 21.9 Å². The van der Waals surface area contributed by atoms with Crippen molar-refractivity contribution >= 4 is 31.6 Å². The van der Waals surface area contributed by atoms with E-state index >= 15 is 0 Å². The number of fused-ring (bicyclic) bond motifs is 1. The monoisotopic (exact) mass is 438 g/mol. The molecule has 2 heterocycles. The molecule has 0 amide bonds. The molecule has 9 heteroatoms. The largest absolute Gasteiger partial charge is 0.467 e. The summed E-state index contributed by atoms with van der Waals surface area (Å²) in [4.78, 5) is 4.21. The minimum absolute atomic E-state index is 0.160. The Morgan fingerprint density at radius 2 is 1.69 bits per heavy atom. The lowest BCUT2D eigenvalue weighted by Gasteiger charge is -2.30. The summed E-state index contributed by atoms with van der Waals surface area (Å²) in [5.74, 6) is -1.83. The Morgan fingerprint density at radius 3 is 2.31 bits per heavy atom. The van der Waals surface area contributed by atoms with Crippen LogP contribution in [0.15, 0.2) is 35.2 Å². The van der Waals surface area contributed by atoms with Gasteiger partial charge >= 0.3 is 0 Å². The van der Waals surface area contributed by atoms with Crippen LogP contribution in [0, 0.1) is 25.5 Å². The van der Waals surface area contributed by atoms with Gasteiger partial charge in [-0.3, -0.25) is 0 Å². The van der Waals surface area contributed by atoms with E-state index in [-0.39, 0.29) is 24.1 Å². The molecule has 29 heavy (non-hydrogen) atoms. The van der Waals surface area contributed by atoms with Crippen LogP contribution in [0.4, 0.5) is 8.78 Å². The molecule has 0 unspecified atom stereocenters. The van der Waals surface area contributed by atoms with Crippen LogP contribution in [0.1, 0.15) is 24.0 Å². The van der Waals surface area contributed by atoms with Crippen molar-refractivity contribution in [3.63, 3.8) is 0 Å². The van der Waals surface area contributed by atoms with Gasteiger partial charge in [-0.1, -0.05) is 23.5 Å². The summed E-state index contributed by atoms with van der Waals surface area (Å²) in [6, 6.07) is 6.41. The second kappa shape index (κ2) is 7.62. The molecular formula is C20H20F2N2O3S2. The van der Waals surface area contributed by atoms with Gasteiger partial charge in [0.25, 0.3) is 5.19 Å². The number of piperidine rings is 1. The molecule has 1 saturated heterocycles. The number of hydrogen-bond acceptors (Lipinski definition) is 5. The molecule has 0 N–H and O–H groups in total. The van der Waals surface area contributed by atoms with Crippen molar-refractivity contribution in [2.45, 2.75) is 37.7 Å². The highest BCUT2D eigenvalue weighted by atomic mass is 32.2. The highest BCUT2D eigenvalue weighted by Crippen LogP contribution is 2.34. The molecule has 0 atom stereocenters. The van der Waals surface area contributed by atoms with E-state index in [0.717, 1.165) is 33.5 Å². The van der Waals surface area contributed by atoms with E-state index < -0.39 is 21.7 Å². The van der Waals surface area contributed by atoms with Crippen LogP contribution < -0.4 is 4.74 Å². The van der Waals surface area contributed by atoms with Crippen LogP contribution in [0.3, 0.4) is 0 Å². The number of hydrogen-bond donors (Lipinski definition) is 0. The fraction of sp³-hybridized carbons (Fsp3) is 0.350. The SMILES string of the molecule is Cc1ccc(C)c2sc(OC3CCN(S(=O)(=O)c4cc(F)cc(F)c4)CC3)nc12. The van der Waals surface area contributed by atoms with E-state index in [9.17, 15) is 17.2 Å². The fourth-order valence-corrected chi connectivity index (χ4v) is 5.99. The summed E-state index contributed by atoms with van der Waals surface area (Å²) >= 11 is 1.49. The fourth-order valence-electron chi connectivity index (χ4n) is 3.45. The first-order chi connectivity index (χ1) is 13.7. The van der Waals surface area contributed by atoms with Gasteiger partial charge in [-0.05, 0) is 49.9 Å². The van der Waals surface area contributed by atoms with E-state index in [2.05, 4.69) is 11.1 Å². The minimum atomic E-state index is -3.95. The first-order valence-corrected chi connectivity index (χ1v) is 11.5. The van der Waals surface area contributed by atoms with Crippen molar-refractivity contribution in [1.82, 2.24) is 9.29 Å². The van der Waals surface area contributed by atoms with E-state index in [0.29, 0.717) is 24.1 Å². The molecular weight excluding hydrogens is 418 g/mol. The predicted octanol–water partition coefficient (Wildman–Crippen LogP) is 4.42. The molecule has 0 radical (unpaired) electrons. The highest BCUT2D eigenvalue weighted by molar-refractivity contribution is 7.89. The lowest BCUT2D eigenvalue weighted by Crippen LogP contribution is -2.41. The summed E-state index contributed by atoms with van der Waals surface area (Å²) in [7, 11) is -3.95. The number of sulfonamides is 1. The molecule has 1 aliphatic rings. The number of aromatic nitrogens is 1. The summed E-state index contributed by atoms with van der Waals surface area (Å²) in [5.41, 5.74) is 3.15. The van der Waals surface area contributed by atoms with E-state index in [1.165, 1.54) is 15.6 Å². The molecule has 0 spiro atoms. The number of aryl methyl sites for hydroxylation is 2. The topological polar surface area (TPSA) is 59.5 Å². The number of ether oxygens (including phenoxy) is 1. The number of thiazole rings is 1. The van der Waals surface area contributed by atoms with Gasteiger partial charge in [0.15, 0.2) is 0 Å². The zero-order chi connectivity index (χ0) is 20.8. The molecule has 0 aliphatic carbocycles. The maximum absolute atomic E-state index is 13.4. The third-order valence-electron chi connectivity index (χ3n) is 5.06. The van der Waals surface area contributed by atoms with Crippen molar-refractivity contribution in [2.75, 3.05) is 13.1 Å². The van der Waals surface area contributed by atoms with Crippen LogP contribution in [-0.2, 0) is 10.0 Å². The normalized spacial score (nSPS) is 16.4. The lowest BCUT2D eigenvalue weighted by molar-refractivity contribution is 0.135. The summed E-state index contributed by atoms with van der Waals surface area (Å²) in [6.07, 6.45) is 0.794. The van der Waals surface area contributed by atoms with Crippen LogP contribution in [0.5, 0.6) is 5.19 Å². The van der Waals surface area contributed by atoms with Crippen molar-refractivity contribution in [3.8, 4) is 5.19 Å². The molecule has 2 aromatic carbocycles. The average Bonchev–Trinajstić information content (AvgIpc) is 3.09. The van der Waals surface area contributed by atoms with Gasteiger partial charge in [0.2, 0.25) is 10.0 Å². The standard InChI is InChI=1S/C20H20F2N2O3S2/c1-12-3-4-13(2)19-18(12)23-20(28-19)27-16-5-7-24(8-6-16)29(25,26)17-10-14(21)9-15(22)11-17/h3-4,9-11,16H,5-8H2,1-2H3. The van der Waals surface area contributed by atoms with Crippen molar-refractivity contribution in [2.24, 2.45) is 0 Å². The molecule has 3 aromatic rings. The van der Waals surface area contributed by atoms with Crippen LogP contribution in [-0.4, -0.2) is 36.9 Å². The zero-order valence-corrected chi connectivity index (χ0v) is 17.6. The summed E-state index contributed by atoms with van der Waals surface area (Å²) in [5, 5.41) is 0.575.